The number of aliphatic hydroxyl groups is 1. The molecular weight excluding hydrogens is 308 g/mol. The highest BCUT2D eigenvalue weighted by Crippen LogP contribution is 2.51. The lowest BCUT2D eigenvalue weighted by Crippen LogP contribution is -2.54. The van der Waals surface area contributed by atoms with Crippen LogP contribution in [-0.4, -0.2) is 22.4 Å². The molecule has 1 aromatic rings. The van der Waals surface area contributed by atoms with Crippen molar-refractivity contribution in [2.24, 2.45) is 0 Å². The second-order valence-corrected chi connectivity index (χ2v) is 4.40. The van der Waals surface area contributed by atoms with Crippen molar-refractivity contribution >= 4 is 5.69 Å². The SMILES string of the molecule is Cc1cc([N+](=O)[O-])cc(C(O)(C(F)(F)F)C(F)(F)F)c1C. The van der Waals surface area contributed by atoms with Crippen LogP contribution >= 0.6 is 0 Å². The van der Waals surface area contributed by atoms with E-state index in [-0.39, 0.29) is 11.6 Å². The zero-order chi connectivity index (χ0) is 16.8. The van der Waals surface area contributed by atoms with Gasteiger partial charge in [-0.2, -0.15) is 26.3 Å². The van der Waals surface area contributed by atoms with Crippen molar-refractivity contribution in [3.63, 3.8) is 0 Å². The number of aryl methyl sites for hydroxylation is 1. The van der Waals surface area contributed by atoms with Gasteiger partial charge in [-0.05, 0) is 25.0 Å². The number of nitro groups is 1. The average molecular weight is 317 g/mol. The van der Waals surface area contributed by atoms with Crippen LogP contribution in [0.3, 0.4) is 0 Å². The monoisotopic (exact) mass is 317 g/mol. The summed E-state index contributed by atoms with van der Waals surface area (Å²) in [7, 11) is 0. The van der Waals surface area contributed by atoms with Gasteiger partial charge in [0.15, 0.2) is 0 Å². The Morgan fingerprint density at radius 1 is 1.05 bits per heavy atom. The lowest BCUT2D eigenvalue weighted by atomic mass is 9.86. The van der Waals surface area contributed by atoms with Crippen LogP contribution in [0.1, 0.15) is 16.7 Å². The minimum absolute atomic E-state index is 0.0866. The summed E-state index contributed by atoms with van der Waals surface area (Å²) >= 11 is 0. The molecule has 0 heterocycles. The quantitative estimate of drug-likeness (QED) is 0.516. The third-order valence-corrected chi connectivity index (χ3v) is 3.07. The molecule has 0 bridgehead atoms. The topological polar surface area (TPSA) is 63.4 Å². The predicted octanol–water partition coefficient (Wildman–Crippen LogP) is 3.52. The smallest absolute Gasteiger partial charge is 0.369 e. The number of hydrogen-bond acceptors (Lipinski definition) is 3. The second-order valence-electron chi connectivity index (χ2n) is 4.40. The molecule has 0 radical (unpaired) electrons. The molecule has 0 aliphatic heterocycles. The van der Waals surface area contributed by atoms with Crippen molar-refractivity contribution in [3.8, 4) is 0 Å². The normalized spacial score (nSPS) is 13.4. The van der Waals surface area contributed by atoms with Crippen LogP contribution in [0.2, 0.25) is 0 Å². The summed E-state index contributed by atoms with van der Waals surface area (Å²) in [5.74, 6) is 0. The van der Waals surface area contributed by atoms with E-state index in [0.717, 1.165) is 19.9 Å². The van der Waals surface area contributed by atoms with E-state index in [9.17, 15) is 41.6 Å². The van der Waals surface area contributed by atoms with Crippen LogP contribution in [0.25, 0.3) is 0 Å². The molecule has 0 amide bonds. The minimum Gasteiger partial charge on any atom is -0.369 e. The standard InChI is InChI=1S/C11H9F6NO3/c1-5-3-7(18(20)21)4-8(6(5)2)9(19,10(12,13)14)11(15,16)17/h3-4,19H,1-2H3. The Morgan fingerprint density at radius 3 is 1.81 bits per heavy atom. The molecule has 1 aromatic carbocycles. The Kier molecular flexibility index (Phi) is 3.99. The Balaban J connectivity index is 3.80. The maximum absolute atomic E-state index is 12.8. The molecule has 0 fully saturated rings. The summed E-state index contributed by atoms with van der Waals surface area (Å²) in [5.41, 5.74) is -8.46. The largest absolute Gasteiger partial charge is 0.430 e. The van der Waals surface area contributed by atoms with Gasteiger partial charge in [-0.3, -0.25) is 10.1 Å². The van der Waals surface area contributed by atoms with E-state index in [1.165, 1.54) is 0 Å². The number of rotatable bonds is 2. The van der Waals surface area contributed by atoms with Crippen molar-refractivity contribution in [1.82, 2.24) is 0 Å². The number of non-ortho nitro benzene ring substituents is 1. The third-order valence-electron chi connectivity index (χ3n) is 3.07. The Bertz CT molecular complexity index is 565. The maximum atomic E-state index is 12.8. The number of alkyl halides is 6. The van der Waals surface area contributed by atoms with Crippen molar-refractivity contribution < 1.29 is 36.4 Å². The van der Waals surface area contributed by atoms with Crippen molar-refractivity contribution in [2.45, 2.75) is 31.8 Å². The summed E-state index contributed by atoms with van der Waals surface area (Å²) < 4.78 is 76.7. The summed E-state index contributed by atoms with van der Waals surface area (Å²) in [6, 6.07) is 0.912. The molecule has 1 rings (SSSR count). The van der Waals surface area contributed by atoms with Crippen molar-refractivity contribution in [2.75, 3.05) is 0 Å². The van der Waals surface area contributed by atoms with Gasteiger partial charge < -0.3 is 5.11 Å². The molecule has 118 valence electrons. The Labute approximate surface area is 114 Å². The lowest BCUT2D eigenvalue weighted by molar-refractivity contribution is -0.387. The molecular formula is C11H9F6NO3. The van der Waals surface area contributed by atoms with Gasteiger partial charge in [-0.25, -0.2) is 0 Å². The number of nitrogens with zero attached hydrogens (tertiary/aromatic N) is 1. The second kappa shape index (κ2) is 4.86. The summed E-state index contributed by atoms with van der Waals surface area (Å²) in [6.07, 6.45) is -12.2. The molecule has 0 aliphatic rings. The van der Waals surface area contributed by atoms with Gasteiger partial charge in [0.05, 0.1) is 4.92 Å². The van der Waals surface area contributed by atoms with E-state index in [2.05, 4.69) is 0 Å². The highest BCUT2D eigenvalue weighted by Gasteiger charge is 2.72. The van der Waals surface area contributed by atoms with E-state index in [1.54, 1.807) is 0 Å². The fraction of sp³-hybridized carbons (Fsp3) is 0.455. The van der Waals surface area contributed by atoms with E-state index in [1.807, 2.05) is 0 Å². The Morgan fingerprint density at radius 2 is 1.48 bits per heavy atom. The number of hydrogen-bond donors (Lipinski definition) is 1. The molecule has 0 aliphatic carbocycles. The molecule has 0 atom stereocenters. The number of halogens is 6. The van der Waals surface area contributed by atoms with Crippen LogP contribution in [0, 0.1) is 24.0 Å². The van der Waals surface area contributed by atoms with E-state index in [4.69, 9.17) is 0 Å². The van der Waals surface area contributed by atoms with Crippen LogP contribution < -0.4 is 0 Å². The lowest BCUT2D eigenvalue weighted by Gasteiger charge is -2.33. The molecule has 0 aromatic heterocycles. The predicted molar refractivity (Wildman–Crippen MR) is 58.6 cm³/mol. The molecule has 4 nitrogen and oxygen atoms in total. The zero-order valence-corrected chi connectivity index (χ0v) is 10.6. The van der Waals surface area contributed by atoms with Crippen LogP contribution in [0.4, 0.5) is 32.0 Å². The van der Waals surface area contributed by atoms with Gasteiger partial charge in [0.2, 0.25) is 0 Å². The van der Waals surface area contributed by atoms with E-state index in [0.29, 0.717) is 0 Å². The average Bonchev–Trinajstić information content (AvgIpc) is 2.28. The van der Waals surface area contributed by atoms with Gasteiger partial charge in [0.1, 0.15) is 0 Å². The highest BCUT2D eigenvalue weighted by atomic mass is 19.4. The first-order valence-corrected chi connectivity index (χ1v) is 5.35. The molecule has 0 unspecified atom stereocenters. The van der Waals surface area contributed by atoms with Crippen molar-refractivity contribution in [1.29, 1.82) is 0 Å². The maximum Gasteiger partial charge on any atom is 0.430 e. The van der Waals surface area contributed by atoms with Crippen molar-refractivity contribution in [3.05, 3.63) is 38.9 Å². The first-order valence-electron chi connectivity index (χ1n) is 5.35. The third kappa shape index (κ3) is 2.67. The molecule has 0 spiro atoms. The van der Waals surface area contributed by atoms with Crippen LogP contribution in [0.15, 0.2) is 12.1 Å². The molecule has 10 heteroatoms. The fourth-order valence-electron chi connectivity index (χ4n) is 1.79. The fourth-order valence-corrected chi connectivity index (χ4v) is 1.79. The van der Waals surface area contributed by atoms with Crippen LogP contribution in [-0.2, 0) is 5.60 Å². The van der Waals surface area contributed by atoms with E-state index < -0.39 is 39.7 Å². The summed E-state index contributed by atoms with van der Waals surface area (Å²) in [6.45, 7) is 2.02. The summed E-state index contributed by atoms with van der Waals surface area (Å²) in [4.78, 5) is 9.47. The Hall–Kier alpha value is -1.84. The van der Waals surface area contributed by atoms with Crippen LogP contribution in [0.5, 0.6) is 0 Å². The van der Waals surface area contributed by atoms with Gasteiger partial charge >= 0.3 is 12.4 Å². The minimum atomic E-state index is -6.09. The summed E-state index contributed by atoms with van der Waals surface area (Å²) in [5, 5.41) is 19.9. The molecule has 0 saturated carbocycles. The van der Waals surface area contributed by atoms with Gasteiger partial charge in [0.25, 0.3) is 11.3 Å². The number of benzene rings is 1. The number of nitro benzene ring substituents is 1. The van der Waals surface area contributed by atoms with Gasteiger partial charge in [0, 0.05) is 17.7 Å². The molecule has 21 heavy (non-hydrogen) atoms. The zero-order valence-electron chi connectivity index (χ0n) is 10.6. The van der Waals surface area contributed by atoms with Gasteiger partial charge in [-0.15, -0.1) is 0 Å². The van der Waals surface area contributed by atoms with Gasteiger partial charge in [-0.1, -0.05) is 0 Å². The molecule has 1 N–H and O–H groups in total. The first kappa shape index (κ1) is 17.2. The molecule has 0 saturated heterocycles. The first-order chi connectivity index (χ1) is 9.23. The van der Waals surface area contributed by atoms with E-state index >= 15 is 0 Å². The highest BCUT2D eigenvalue weighted by molar-refractivity contribution is 5.48.